The molecule has 0 saturated carbocycles. The lowest BCUT2D eigenvalue weighted by atomic mass is 10.1. The highest BCUT2D eigenvalue weighted by molar-refractivity contribution is 8.95. The zero-order valence-electron chi connectivity index (χ0n) is 9.92. The molecule has 1 aliphatic heterocycles. The number of rotatable bonds is 2. The number of halogens is 1. The summed E-state index contributed by atoms with van der Waals surface area (Å²) >= 11 is 0. The predicted octanol–water partition coefficient (Wildman–Crippen LogP) is 5.04. The maximum absolute atomic E-state index is 9.33. The average molecular weight is 307 g/mol. The molecule has 4 heteroatoms. The highest BCUT2D eigenvalue weighted by atomic mass is 35.7. The topological polar surface area (TPSA) is 20.2 Å². The first-order valence-electron chi connectivity index (χ1n) is 5.76. The van der Waals surface area contributed by atoms with Gasteiger partial charge in [0.05, 0.1) is 0 Å². The molecule has 1 unspecified atom stereocenters. The van der Waals surface area contributed by atoms with Crippen molar-refractivity contribution in [1.29, 1.82) is 0 Å². The monoisotopic (exact) mass is 306 g/mol. The first-order chi connectivity index (χ1) is 9.24. The molecule has 3 rings (SSSR count). The molecular formula is C15H11ClOS2. The molecule has 1 heterocycles. The minimum Gasteiger partial charge on any atom is -0.508 e. The number of aromatic hydroxyl groups is 1. The van der Waals surface area contributed by atoms with Gasteiger partial charge in [-0.3, -0.25) is 0 Å². The molecule has 0 aromatic heterocycles. The molecule has 0 bridgehead atoms. The molecule has 0 radical (unpaired) electrons. The lowest BCUT2D eigenvalue weighted by molar-refractivity contribution is 0.475. The number of hydrogen-bond donors (Lipinski definition) is 1. The van der Waals surface area contributed by atoms with Gasteiger partial charge in [0, 0.05) is 9.77 Å². The second-order valence-electron chi connectivity index (χ2n) is 4.09. The SMILES string of the molecule is Oc1ccc(C2=CC(c3ccccc3)=S(Cl)S2)cc1. The number of hydrogen-bond acceptors (Lipinski definition) is 2. The summed E-state index contributed by atoms with van der Waals surface area (Å²) in [7, 11) is 7.76. The lowest BCUT2D eigenvalue weighted by Crippen LogP contribution is -1.91. The van der Waals surface area contributed by atoms with Crippen LogP contribution in [-0.4, -0.2) is 9.97 Å². The van der Waals surface area contributed by atoms with Crippen molar-refractivity contribution in [3.05, 3.63) is 71.8 Å². The fraction of sp³-hybridized carbons (Fsp3) is 0. The van der Waals surface area contributed by atoms with Crippen LogP contribution in [-0.2, 0) is 0 Å². The molecule has 1 aliphatic rings. The third-order valence-corrected chi connectivity index (χ3v) is 6.77. The third kappa shape index (κ3) is 2.73. The Balaban J connectivity index is 1.95. The van der Waals surface area contributed by atoms with Crippen molar-refractivity contribution in [2.45, 2.75) is 0 Å². The van der Waals surface area contributed by atoms with Crippen LogP contribution in [0.15, 0.2) is 60.7 Å². The largest absolute Gasteiger partial charge is 0.508 e. The van der Waals surface area contributed by atoms with Gasteiger partial charge in [-0.1, -0.05) is 42.5 Å². The predicted molar refractivity (Wildman–Crippen MR) is 87.7 cm³/mol. The van der Waals surface area contributed by atoms with E-state index in [2.05, 4.69) is 18.2 Å². The van der Waals surface area contributed by atoms with Gasteiger partial charge < -0.3 is 5.11 Å². The van der Waals surface area contributed by atoms with Crippen molar-refractivity contribution >= 4 is 40.0 Å². The fourth-order valence-corrected chi connectivity index (χ4v) is 5.72. The Kier molecular flexibility index (Phi) is 3.69. The minimum atomic E-state index is -0.347. The molecule has 0 saturated heterocycles. The molecule has 0 aliphatic carbocycles. The number of benzene rings is 2. The highest BCUT2D eigenvalue weighted by Gasteiger charge is 2.17. The van der Waals surface area contributed by atoms with Gasteiger partial charge in [0.2, 0.25) is 0 Å². The van der Waals surface area contributed by atoms with Crippen molar-refractivity contribution in [3.63, 3.8) is 0 Å². The van der Waals surface area contributed by atoms with E-state index in [0.717, 1.165) is 15.3 Å². The molecule has 1 nitrogen and oxygen atoms in total. The van der Waals surface area contributed by atoms with Crippen LogP contribution in [0.4, 0.5) is 0 Å². The van der Waals surface area contributed by atoms with Crippen molar-refractivity contribution in [2.24, 2.45) is 0 Å². The van der Waals surface area contributed by atoms with Crippen LogP contribution in [0.3, 0.4) is 0 Å². The summed E-state index contributed by atoms with van der Waals surface area (Å²) in [6.07, 6.45) is 2.14. The van der Waals surface area contributed by atoms with E-state index in [1.54, 1.807) is 22.9 Å². The van der Waals surface area contributed by atoms with Gasteiger partial charge in [0.15, 0.2) is 0 Å². The van der Waals surface area contributed by atoms with Gasteiger partial charge >= 0.3 is 0 Å². The van der Waals surface area contributed by atoms with E-state index >= 15 is 0 Å². The molecule has 1 N–H and O–H groups in total. The molecule has 1 atom stereocenters. The Hall–Kier alpha value is -1.16. The van der Waals surface area contributed by atoms with Gasteiger partial charge in [0.1, 0.15) is 5.75 Å². The zero-order valence-corrected chi connectivity index (χ0v) is 12.3. The fourth-order valence-electron chi connectivity index (χ4n) is 1.85. The molecule has 19 heavy (non-hydrogen) atoms. The second-order valence-corrected chi connectivity index (χ2v) is 8.56. The van der Waals surface area contributed by atoms with E-state index < -0.39 is 0 Å². The summed E-state index contributed by atoms with van der Waals surface area (Å²) < 4.78 is 0. The van der Waals surface area contributed by atoms with Crippen LogP contribution in [0.2, 0.25) is 0 Å². The number of phenols is 1. The van der Waals surface area contributed by atoms with Crippen LogP contribution in [0, 0.1) is 0 Å². The second kappa shape index (κ2) is 5.45. The van der Waals surface area contributed by atoms with E-state index in [-0.39, 0.29) is 14.5 Å². The summed E-state index contributed by atoms with van der Waals surface area (Å²) in [5, 5.41) is 9.33. The highest BCUT2D eigenvalue weighted by Crippen LogP contribution is 2.52. The standard InChI is InChI=1S/C15H11ClOS2/c16-19-15(12-4-2-1-3-5-12)10-14(18-19)11-6-8-13(17)9-7-11/h1-10,17H. The maximum Gasteiger partial charge on any atom is 0.115 e. The quantitative estimate of drug-likeness (QED) is 0.619. The molecule has 2 aromatic carbocycles. The van der Waals surface area contributed by atoms with Crippen LogP contribution in [0.1, 0.15) is 11.1 Å². The maximum atomic E-state index is 9.33. The first-order valence-corrected chi connectivity index (χ1v) is 9.15. The van der Waals surface area contributed by atoms with Gasteiger partial charge in [-0.15, -0.1) is 0 Å². The van der Waals surface area contributed by atoms with Gasteiger partial charge in [-0.25, -0.2) is 0 Å². The minimum absolute atomic E-state index is 0.282. The lowest BCUT2D eigenvalue weighted by Gasteiger charge is -2.01. The summed E-state index contributed by atoms with van der Waals surface area (Å²) in [6.45, 7) is 0. The number of allylic oxidation sites excluding steroid dienone is 1. The van der Waals surface area contributed by atoms with Gasteiger partial charge in [0.25, 0.3) is 0 Å². The first kappa shape index (κ1) is 12.9. The Morgan fingerprint density at radius 2 is 1.58 bits per heavy atom. The van der Waals surface area contributed by atoms with E-state index in [1.807, 2.05) is 30.3 Å². The van der Waals surface area contributed by atoms with E-state index in [1.165, 1.54) is 5.56 Å². The van der Waals surface area contributed by atoms with E-state index in [0.29, 0.717) is 0 Å². The normalized spacial score (nSPS) is 18.5. The Labute approximate surface area is 122 Å². The number of phenolic OH excluding ortho intramolecular Hbond substituents is 1. The summed E-state index contributed by atoms with van der Waals surface area (Å²) in [4.78, 5) is 2.31. The smallest absolute Gasteiger partial charge is 0.115 e. The average Bonchev–Trinajstić information content (AvgIpc) is 2.83. The van der Waals surface area contributed by atoms with E-state index in [9.17, 15) is 5.11 Å². The summed E-state index contributed by atoms with van der Waals surface area (Å²) in [5.41, 5.74) is 2.26. The summed E-state index contributed by atoms with van der Waals surface area (Å²) in [6, 6.07) is 17.4. The Bertz CT molecular complexity index is 660. The van der Waals surface area contributed by atoms with Crippen LogP contribution in [0.5, 0.6) is 5.75 Å². The molecule has 96 valence electrons. The molecular weight excluding hydrogens is 296 g/mol. The Morgan fingerprint density at radius 1 is 0.895 bits per heavy atom. The van der Waals surface area contributed by atoms with E-state index in [4.69, 9.17) is 10.7 Å². The Morgan fingerprint density at radius 3 is 2.26 bits per heavy atom. The van der Waals surface area contributed by atoms with Gasteiger partial charge in [-0.05, 0) is 59.5 Å². The molecule has 0 fully saturated rings. The van der Waals surface area contributed by atoms with Crippen LogP contribution in [0.25, 0.3) is 4.91 Å². The molecule has 0 spiro atoms. The molecule has 0 amide bonds. The molecule has 2 aromatic rings. The van der Waals surface area contributed by atoms with Crippen molar-refractivity contribution < 1.29 is 5.11 Å². The summed E-state index contributed by atoms with van der Waals surface area (Å²) in [5.74, 6) is 0.282. The van der Waals surface area contributed by atoms with Gasteiger partial charge in [-0.2, -0.15) is 0 Å². The van der Waals surface area contributed by atoms with Crippen molar-refractivity contribution in [2.75, 3.05) is 0 Å². The third-order valence-electron chi connectivity index (χ3n) is 2.81. The van der Waals surface area contributed by atoms with Crippen LogP contribution < -0.4 is 0 Å². The zero-order chi connectivity index (χ0) is 13.2. The van der Waals surface area contributed by atoms with Crippen molar-refractivity contribution in [3.8, 4) is 5.75 Å². The van der Waals surface area contributed by atoms with Crippen LogP contribution >= 0.6 is 30.2 Å². The van der Waals surface area contributed by atoms with Crippen molar-refractivity contribution in [1.82, 2.24) is 0 Å².